The lowest BCUT2D eigenvalue weighted by atomic mass is 9.98. The van der Waals surface area contributed by atoms with E-state index < -0.39 is 0 Å². The molecule has 1 aliphatic rings. The lowest BCUT2D eigenvalue weighted by molar-refractivity contribution is 0.0729. The number of ether oxygens (including phenoxy) is 2. The quantitative estimate of drug-likeness (QED) is 0.873. The Bertz CT molecular complexity index is 711. The molecule has 6 heteroatoms. The minimum Gasteiger partial charge on any atom is -0.493 e. The van der Waals surface area contributed by atoms with E-state index in [9.17, 15) is 4.79 Å². The van der Waals surface area contributed by atoms with E-state index in [4.69, 9.17) is 9.47 Å². The van der Waals surface area contributed by atoms with Gasteiger partial charge in [0.25, 0.3) is 5.91 Å². The normalized spacial score (nSPS) is 13.7. The number of thiazole rings is 1. The molecule has 0 saturated carbocycles. The summed E-state index contributed by atoms with van der Waals surface area (Å²) in [5.41, 5.74) is 2.84. The number of benzene rings is 1. The second kappa shape index (κ2) is 5.96. The maximum Gasteiger partial charge on any atom is 0.273 e. The highest BCUT2D eigenvalue weighted by atomic mass is 32.1. The van der Waals surface area contributed by atoms with Gasteiger partial charge in [-0.2, -0.15) is 0 Å². The van der Waals surface area contributed by atoms with Gasteiger partial charge >= 0.3 is 0 Å². The van der Waals surface area contributed by atoms with E-state index in [1.807, 2.05) is 29.3 Å². The molecule has 0 atom stereocenters. The lowest BCUT2D eigenvalue weighted by Crippen LogP contribution is -2.36. The number of fused-ring (bicyclic) bond motifs is 1. The SMILES string of the molecule is COc1cc2c(cc1OC)CN(C(=O)c1csc(C)n1)CC2. The summed E-state index contributed by atoms with van der Waals surface area (Å²) in [6.07, 6.45) is 0.810. The van der Waals surface area contributed by atoms with Gasteiger partial charge in [0.05, 0.1) is 19.2 Å². The first-order valence-corrected chi connectivity index (χ1v) is 7.95. The summed E-state index contributed by atoms with van der Waals surface area (Å²) in [4.78, 5) is 18.6. The van der Waals surface area contributed by atoms with Gasteiger partial charge in [-0.25, -0.2) is 4.98 Å². The molecule has 2 heterocycles. The predicted molar refractivity (Wildman–Crippen MR) is 84.8 cm³/mol. The molecule has 0 unspecified atom stereocenters. The Kier molecular flexibility index (Phi) is 4.02. The molecule has 1 amide bonds. The Morgan fingerprint density at radius 2 is 1.91 bits per heavy atom. The van der Waals surface area contributed by atoms with E-state index in [1.54, 1.807) is 14.2 Å². The number of methoxy groups -OCH3 is 2. The summed E-state index contributed by atoms with van der Waals surface area (Å²) in [6, 6.07) is 3.96. The topological polar surface area (TPSA) is 51.7 Å². The molecule has 22 heavy (non-hydrogen) atoms. The Morgan fingerprint density at radius 3 is 2.50 bits per heavy atom. The molecule has 0 saturated heterocycles. The summed E-state index contributed by atoms with van der Waals surface area (Å²) in [7, 11) is 3.25. The van der Waals surface area contributed by atoms with Crippen molar-refractivity contribution < 1.29 is 14.3 Å². The Balaban J connectivity index is 1.85. The molecule has 1 aliphatic heterocycles. The van der Waals surface area contributed by atoms with Crippen LogP contribution in [0.15, 0.2) is 17.5 Å². The first kappa shape index (κ1) is 14.8. The molecule has 0 N–H and O–H groups in total. The number of hydrogen-bond donors (Lipinski definition) is 0. The average molecular weight is 318 g/mol. The van der Waals surface area contributed by atoms with Crippen molar-refractivity contribution in [2.45, 2.75) is 19.9 Å². The molecular weight excluding hydrogens is 300 g/mol. The molecular formula is C16H18N2O3S. The van der Waals surface area contributed by atoms with E-state index in [1.165, 1.54) is 16.9 Å². The minimum atomic E-state index is -0.00946. The zero-order valence-corrected chi connectivity index (χ0v) is 13.7. The zero-order chi connectivity index (χ0) is 15.7. The summed E-state index contributed by atoms with van der Waals surface area (Å²) in [5, 5.41) is 2.73. The van der Waals surface area contributed by atoms with Crippen LogP contribution < -0.4 is 9.47 Å². The fraction of sp³-hybridized carbons (Fsp3) is 0.375. The largest absolute Gasteiger partial charge is 0.493 e. The van der Waals surface area contributed by atoms with E-state index in [2.05, 4.69) is 4.98 Å². The maximum atomic E-state index is 12.5. The van der Waals surface area contributed by atoms with Crippen molar-refractivity contribution in [3.63, 3.8) is 0 Å². The van der Waals surface area contributed by atoms with Gasteiger partial charge in [0.15, 0.2) is 11.5 Å². The first-order chi connectivity index (χ1) is 10.6. The third-order valence-corrected chi connectivity index (χ3v) is 4.62. The Hall–Kier alpha value is -2.08. The van der Waals surface area contributed by atoms with Gasteiger partial charge in [0.1, 0.15) is 5.69 Å². The molecule has 0 spiro atoms. The van der Waals surface area contributed by atoms with Crippen molar-refractivity contribution in [3.05, 3.63) is 39.3 Å². The molecule has 0 bridgehead atoms. The lowest BCUT2D eigenvalue weighted by Gasteiger charge is -2.29. The molecule has 1 aromatic heterocycles. The molecule has 116 valence electrons. The summed E-state index contributed by atoms with van der Waals surface area (Å²) in [5.74, 6) is 1.42. The minimum absolute atomic E-state index is 0.00946. The Labute approximate surface area is 133 Å². The van der Waals surface area contributed by atoms with Crippen molar-refractivity contribution in [1.82, 2.24) is 9.88 Å². The second-order valence-electron chi connectivity index (χ2n) is 5.20. The Morgan fingerprint density at radius 1 is 1.23 bits per heavy atom. The number of nitrogens with zero attached hydrogens (tertiary/aromatic N) is 2. The van der Waals surface area contributed by atoms with Crippen LogP contribution in [0.2, 0.25) is 0 Å². The molecule has 1 aromatic carbocycles. The third kappa shape index (κ3) is 2.66. The van der Waals surface area contributed by atoms with Crippen LogP contribution in [-0.4, -0.2) is 36.6 Å². The van der Waals surface area contributed by atoms with E-state index in [-0.39, 0.29) is 5.91 Å². The summed E-state index contributed by atoms with van der Waals surface area (Å²) in [6.45, 7) is 3.17. The van der Waals surface area contributed by atoms with Crippen molar-refractivity contribution >= 4 is 17.2 Å². The number of rotatable bonds is 3. The second-order valence-corrected chi connectivity index (χ2v) is 6.27. The molecule has 5 nitrogen and oxygen atoms in total. The van der Waals surface area contributed by atoms with E-state index >= 15 is 0 Å². The van der Waals surface area contributed by atoms with Crippen LogP contribution in [0.25, 0.3) is 0 Å². The number of amides is 1. The fourth-order valence-electron chi connectivity index (χ4n) is 2.68. The molecule has 0 aliphatic carbocycles. The smallest absolute Gasteiger partial charge is 0.273 e. The van der Waals surface area contributed by atoms with Crippen molar-refractivity contribution in [2.24, 2.45) is 0 Å². The van der Waals surface area contributed by atoms with Gasteiger partial charge in [-0.1, -0.05) is 0 Å². The number of carbonyl (C=O) groups is 1. The van der Waals surface area contributed by atoms with Gasteiger partial charge < -0.3 is 14.4 Å². The van der Waals surface area contributed by atoms with Crippen LogP contribution >= 0.6 is 11.3 Å². The average Bonchev–Trinajstić information content (AvgIpc) is 2.98. The standard InChI is InChI=1S/C16H18N2O3S/c1-10-17-13(9-22-10)16(19)18-5-4-11-6-14(20-2)15(21-3)7-12(11)8-18/h6-7,9H,4-5,8H2,1-3H3. The summed E-state index contributed by atoms with van der Waals surface area (Å²) >= 11 is 1.50. The highest BCUT2D eigenvalue weighted by molar-refractivity contribution is 7.09. The van der Waals surface area contributed by atoms with Crippen LogP contribution in [0.4, 0.5) is 0 Å². The van der Waals surface area contributed by atoms with Crippen molar-refractivity contribution in [1.29, 1.82) is 0 Å². The van der Waals surface area contributed by atoms with Gasteiger partial charge in [-0.15, -0.1) is 11.3 Å². The van der Waals surface area contributed by atoms with Gasteiger partial charge in [0.2, 0.25) is 0 Å². The highest BCUT2D eigenvalue weighted by Gasteiger charge is 2.24. The van der Waals surface area contributed by atoms with Crippen molar-refractivity contribution in [3.8, 4) is 11.5 Å². The van der Waals surface area contributed by atoms with Crippen LogP contribution in [0.5, 0.6) is 11.5 Å². The number of carbonyl (C=O) groups excluding carboxylic acids is 1. The summed E-state index contributed by atoms with van der Waals surface area (Å²) < 4.78 is 10.7. The van der Waals surface area contributed by atoms with Crippen molar-refractivity contribution in [2.75, 3.05) is 20.8 Å². The van der Waals surface area contributed by atoms with E-state index in [0.717, 1.165) is 22.7 Å². The fourth-order valence-corrected chi connectivity index (χ4v) is 3.27. The molecule has 3 rings (SSSR count). The number of aryl methyl sites for hydroxylation is 1. The predicted octanol–water partition coefficient (Wildman–Crippen LogP) is 2.67. The van der Waals surface area contributed by atoms with Gasteiger partial charge in [-0.05, 0) is 36.6 Å². The zero-order valence-electron chi connectivity index (χ0n) is 12.9. The van der Waals surface area contributed by atoms with Crippen LogP contribution in [0.1, 0.15) is 26.6 Å². The van der Waals surface area contributed by atoms with Gasteiger partial charge in [-0.3, -0.25) is 4.79 Å². The van der Waals surface area contributed by atoms with E-state index in [0.29, 0.717) is 24.5 Å². The monoisotopic (exact) mass is 318 g/mol. The maximum absolute atomic E-state index is 12.5. The van der Waals surface area contributed by atoms with Crippen LogP contribution in [0.3, 0.4) is 0 Å². The van der Waals surface area contributed by atoms with Crippen LogP contribution in [0, 0.1) is 6.92 Å². The molecule has 0 radical (unpaired) electrons. The first-order valence-electron chi connectivity index (χ1n) is 7.07. The highest BCUT2D eigenvalue weighted by Crippen LogP contribution is 2.33. The number of aromatic nitrogens is 1. The van der Waals surface area contributed by atoms with Crippen LogP contribution in [-0.2, 0) is 13.0 Å². The van der Waals surface area contributed by atoms with Gasteiger partial charge in [0, 0.05) is 18.5 Å². The molecule has 0 fully saturated rings. The molecule has 2 aromatic rings. The third-order valence-electron chi connectivity index (χ3n) is 3.84. The number of hydrogen-bond acceptors (Lipinski definition) is 5.